The fourth-order valence-corrected chi connectivity index (χ4v) is 2.94. The highest BCUT2D eigenvalue weighted by Crippen LogP contribution is 2.11. The maximum atomic E-state index is 11.7. The molecule has 0 radical (unpaired) electrons. The smallest absolute Gasteiger partial charge is 0.244 e. The van der Waals surface area contributed by atoms with Crippen molar-refractivity contribution in [2.45, 2.75) is 32.1 Å². The van der Waals surface area contributed by atoms with Crippen LogP contribution in [-0.2, 0) is 4.79 Å². The number of hydrogen-bond donors (Lipinski definition) is 1. The van der Waals surface area contributed by atoms with Crippen LogP contribution < -0.4 is 5.32 Å². The molecule has 2 rings (SSSR count). The van der Waals surface area contributed by atoms with Gasteiger partial charge in [0.25, 0.3) is 0 Å². The average molecular weight is 402 g/mol. The van der Waals surface area contributed by atoms with Crippen LogP contribution in [0.25, 0.3) is 6.08 Å². The third-order valence-corrected chi connectivity index (χ3v) is 4.22. The molecule has 1 fully saturated rings. The predicted molar refractivity (Wildman–Crippen MR) is 93.0 cm³/mol. The Hall–Kier alpha value is -0.820. The van der Waals surface area contributed by atoms with Crippen LogP contribution in [0.15, 0.2) is 22.6 Å². The van der Waals surface area contributed by atoms with Gasteiger partial charge in [0.05, 0.1) is 0 Å². The molecule has 21 heavy (non-hydrogen) atoms. The van der Waals surface area contributed by atoms with E-state index in [1.807, 2.05) is 12.1 Å². The molecule has 1 aromatic rings. The lowest BCUT2D eigenvalue weighted by molar-refractivity contribution is -0.116. The number of carbonyl (C=O) groups is 1. The van der Waals surface area contributed by atoms with Gasteiger partial charge in [0, 0.05) is 12.6 Å². The minimum absolute atomic E-state index is 0.0581. The van der Waals surface area contributed by atoms with Gasteiger partial charge >= 0.3 is 0 Å². The van der Waals surface area contributed by atoms with E-state index in [0.29, 0.717) is 5.76 Å². The van der Waals surface area contributed by atoms with Crippen LogP contribution in [0.5, 0.6) is 0 Å². The van der Waals surface area contributed by atoms with Gasteiger partial charge in [-0.2, -0.15) is 0 Å². The summed E-state index contributed by atoms with van der Waals surface area (Å²) in [5.41, 5.74) is 0. The Bertz CT molecular complexity index is 463. The Morgan fingerprint density at radius 3 is 2.71 bits per heavy atom. The first-order valence-corrected chi connectivity index (χ1v) is 8.75. The zero-order valence-electron chi connectivity index (χ0n) is 12.3. The van der Waals surface area contributed by atoms with E-state index in [9.17, 15) is 4.79 Å². The number of carbonyl (C=O) groups excluding carboxylic acids is 1. The summed E-state index contributed by atoms with van der Waals surface area (Å²) < 4.78 is 6.19. The van der Waals surface area contributed by atoms with Crippen molar-refractivity contribution in [1.82, 2.24) is 10.2 Å². The molecule has 0 aliphatic carbocycles. The molecule has 2 heterocycles. The van der Waals surface area contributed by atoms with Gasteiger partial charge in [-0.3, -0.25) is 4.79 Å². The molecule has 0 unspecified atom stereocenters. The van der Waals surface area contributed by atoms with E-state index in [4.69, 9.17) is 4.42 Å². The molecule has 0 bridgehead atoms. The maximum Gasteiger partial charge on any atom is 0.244 e. The minimum atomic E-state index is -0.0581. The van der Waals surface area contributed by atoms with Crippen molar-refractivity contribution < 1.29 is 9.21 Å². The molecule has 4 nitrogen and oxygen atoms in total. The lowest BCUT2D eigenvalue weighted by atomic mass is 10.2. The van der Waals surface area contributed by atoms with Crippen LogP contribution in [0.3, 0.4) is 0 Å². The first kappa shape index (κ1) is 16.5. The summed E-state index contributed by atoms with van der Waals surface area (Å²) >= 11 is 2.10. The highest BCUT2D eigenvalue weighted by Gasteiger charge is 2.08. The number of amides is 1. The Kier molecular flexibility index (Phi) is 7.29. The van der Waals surface area contributed by atoms with Crippen molar-refractivity contribution in [3.63, 3.8) is 0 Å². The van der Waals surface area contributed by atoms with Gasteiger partial charge in [-0.15, -0.1) is 0 Å². The second kappa shape index (κ2) is 9.25. The van der Waals surface area contributed by atoms with Crippen molar-refractivity contribution in [3.05, 3.63) is 27.7 Å². The van der Waals surface area contributed by atoms with Crippen LogP contribution in [-0.4, -0.2) is 37.0 Å². The number of likely N-dealkylation sites (tertiary alicyclic amines) is 1. The third kappa shape index (κ3) is 6.65. The van der Waals surface area contributed by atoms with E-state index in [-0.39, 0.29) is 5.91 Å². The second-order valence-electron chi connectivity index (χ2n) is 5.38. The molecule has 0 spiro atoms. The summed E-state index contributed by atoms with van der Waals surface area (Å²) in [6.45, 7) is 4.24. The number of furan rings is 1. The van der Waals surface area contributed by atoms with Crippen LogP contribution in [0.1, 0.15) is 37.9 Å². The zero-order chi connectivity index (χ0) is 14.9. The molecule has 5 heteroatoms. The van der Waals surface area contributed by atoms with Crippen LogP contribution in [0, 0.1) is 3.77 Å². The lowest BCUT2D eigenvalue weighted by Gasteiger charge is -2.19. The first-order valence-electron chi connectivity index (χ1n) is 7.67. The molecule has 0 atom stereocenters. The Balaban J connectivity index is 1.59. The van der Waals surface area contributed by atoms with Gasteiger partial charge in [0.1, 0.15) is 5.76 Å². The molecular formula is C16H23IN2O2. The molecular weight excluding hydrogens is 379 g/mol. The zero-order valence-corrected chi connectivity index (χ0v) is 14.5. The molecule has 0 aromatic carbocycles. The fourth-order valence-electron chi connectivity index (χ4n) is 2.51. The summed E-state index contributed by atoms with van der Waals surface area (Å²) in [4.78, 5) is 14.2. The Morgan fingerprint density at radius 2 is 2.05 bits per heavy atom. The molecule has 1 N–H and O–H groups in total. The van der Waals surface area contributed by atoms with Gasteiger partial charge in [-0.05, 0) is 79.7 Å². The Morgan fingerprint density at radius 1 is 1.29 bits per heavy atom. The summed E-state index contributed by atoms with van der Waals surface area (Å²) in [6.07, 6.45) is 9.60. The van der Waals surface area contributed by atoms with Gasteiger partial charge in [0.2, 0.25) is 5.91 Å². The van der Waals surface area contributed by atoms with E-state index in [1.54, 1.807) is 6.08 Å². The Labute approximate surface area is 140 Å². The SMILES string of the molecule is O=C(/C=C/c1ccc(I)o1)NCCCN1CCCCCC1. The molecule has 1 aliphatic rings. The molecule has 1 aliphatic heterocycles. The third-order valence-electron chi connectivity index (χ3n) is 3.64. The van der Waals surface area contributed by atoms with Crippen molar-refractivity contribution in [2.24, 2.45) is 0 Å². The highest BCUT2D eigenvalue weighted by molar-refractivity contribution is 14.1. The number of nitrogens with zero attached hydrogens (tertiary/aromatic N) is 1. The number of rotatable bonds is 6. The van der Waals surface area contributed by atoms with Crippen molar-refractivity contribution in [3.8, 4) is 0 Å². The molecule has 1 saturated heterocycles. The summed E-state index contributed by atoms with van der Waals surface area (Å²) in [6, 6.07) is 3.73. The molecule has 116 valence electrons. The van der Waals surface area contributed by atoms with E-state index in [2.05, 4.69) is 32.8 Å². The van der Waals surface area contributed by atoms with Gasteiger partial charge in [0.15, 0.2) is 3.77 Å². The van der Waals surface area contributed by atoms with Crippen LogP contribution in [0.2, 0.25) is 0 Å². The predicted octanol–water partition coefficient (Wildman–Crippen LogP) is 3.28. The fraction of sp³-hybridized carbons (Fsp3) is 0.562. The monoisotopic (exact) mass is 402 g/mol. The number of nitrogens with one attached hydrogen (secondary N) is 1. The van der Waals surface area contributed by atoms with E-state index >= 15 is 0 Å². The average Bonchev–Trinajstić information content (AvgIpc) is 2.73. The largest absolute Gasteiger partial charge is 0.451 e. The van der Waals surface area contributed by atoms with Gasteiger partial charge in [-0.25, -0.2) is 0 Å². The minimum Gasteiger partial charge on any atom is -0.451 e. The summed E-state index contributed by atoms with van der Waals surface area (Å²) in [5.74, 6) is 0.649. The standard InChI is InChI=1S/C16H23IN2O2/c17-15-8-6-14(21-15)7-9-16(20)18-10-5-13-19-11-3-1-2-4-12-19/h6-9H,1-5,10-13H2,(H,18,20)/b9-7+. The van der Waals surface area contributed by atoms with Crippen molar-refractivity contribution in [2.75, 3.05) is 26.2 Å². The number of halogens is 1. The quantitative estimate of drug-likeness (QED) is 0.451. The number of hydrogen-bond acceptors (Lipinski definition) is 3. The van der Waals surface area contributed by atoms with Gasteiger partial charge < -0.3 is 14.6 Å². The second-order valence-corrected chi connectivity index (χ2v) is 6.44. The summed E-state index contributed by atoms with van der Waals surface area (Å²) in [5, 5.41) is 2.92. The normalized spacial score (nSPS) is 17.0. The first-order chi connectivity index (χ1) is 10.2. The highest BCUT2D eigenvalue weighted by atomic mass is 127. The van der Waals surface area contributed by atoms with Crippen molar-refractivity contribution >= 4 is 34.6 Å². The van der Waals surface area contributed by atoms with E-state index in [1.165, 1.54) is 44.8 Å². The van der Waals surface area contributed by atoms with Crippen LogP contribution in [0.4, 0.5) is 0 Å². The maximum absolute atomic E-state index is 11.7. The summed E-state index contributed by atoms with van der Waals surface area (Å²) in [7, 11) is 0. The van der Waals surface area contributed by atoms with Gasteiger partial charge in [-0.1, -0.05) is 12.8 Å². The van der Waals surface area contributed by atoms with E-state index in [0.717, 1.165) is 23.3 Å². The van der Waals surface area contributed by atoms with Crippen molar-refractivity contribution in [1.29, 1.82) is 0 Å². The lowest BCUT2D eigenvalue weighted by Crippen LogP contribution is -2.29. The topological polar surface area (TPSA) is 45.5 Å². The molecule has 1 aromatic heterocycles. The molecule has 0 saturated carbocycles. The molecule has 1 amide bonds. The van der Waals surface area contributed by atoms with Crippen LogP contribution >= 0.6 is 22.6 Å². The van der Waals surface area contributed by atoms with E-state index < -0.39 is 0 Å².